The van der Waals surface area contributed by atoms with Crippen molar-refractivity contribution >= 4 is 11.7 Å². The van der Waals surface area contributed by atoms with Crippen molar-refractivity contribution in [2.24, 2.45) is 5.41 Å². The summed E-state index contributed by atoms with van der Waals surface area (Å²) in [6.45, 7) is 3.84. The first kappa shape index (κ1) is 22.7. The molecule has 1 fully saturated rings. The lowest BCUT2D eigenvalue weighted by atomic mass is 9.99. The molecule has 1 amide bonds. The van der Waals surface area contributed by atoms with Gasteiger partial charge in [0, 0.05) is 41.1 Å². The molecule has 31 heavy (non-hydrogen) atoms. The van der Waals surface area contributed by atoms with Gasteiger partial charge in [-0.05, 0) is 50.5 Å². The van der Waals surface area contributed by atoms with Crippen molar-refractivity contribution in [1.29, 1.82) is 0 Å². The Hall–Kier alpha value is -2.97. The Bertz CT molecular complexity index is 987. The number of ether oxygens (including phenoxy) is 1. The van der Waals surface area contributed by atoms with E-state index in [9.17, 15) is 22.8 Å². The van der Waals surface area contributed by atoms with E-state index in [1.54, 1.807) is 32.0 Å². The molecule has 3 rings (SSSR count). The molecule has 0 aromatic carbocycles. The Labute approximate surface area is 178 Å². The van der Waals surface area contributed by atoms with Gasteiger partial charge in [0.05, 0.1) is 6.04 Å². The Morgan fingerprint density at radius 1 is 1.26 bits per heavy atom. The van der Waals surface area contributed by atoms with Crippen LogP contribution in [0.3, 0.4) is 0 Å². The number of nitrogens with one attached hydrogen (secondary N) is 1. The zero-order chi connectivity index (χ0) is 22.8. The van der Waals surface area contributed by atoms with Gasteiger partial charge in [-0.2, -0.15) is 13.2 Å². The molecule has 9 heteroatoms. The lowest BCUT2D eigenvalue weighted by Gasteiger charge is -2.16. The molecule has 0 spiro atoms. The van der Waals surface area contributed by atoms with Gasteiger partial charge >= 0.3 is 6.18 Å². The standard InChI is InChI=1S/C22H24F3N3O3/c1-13-8-16(11-27-20(13)31-12-22(23,24)25)14(2)28-19(30)15-4-7-26-17(9-15)10-18(29)21(3)5-6-21/h4,7-9,11,14H,5-6,10,12H2,1-3H3,(H,28,30). The summed E-state index contributed by atoms with van der Waals surface area (Å²) in [5.74, 6) is -0.330. The van der Waals surface area contributed by atoms with Crippen LogP contribution in [0.1, 0.15) is 59.9 Å². The van der Waals surface area contributed by atoms with E-state index in [1.807, 2.05) is 6.92 Å². The highest BCUT2D eigenvalue weighted by Crippen LogP contribution is 2.46. The molecular formula is C22H24F3N3O3. The normalized spacial score (nSPS) is 15.8. The summed E-state index contributed by atoms with van der Waals surface area (Å²) in [4.78, 5) is 33.1. The van der Waals surface area contributed by atoms with Crippen molar-refractivity contribution < 1.29 is 27.5 Å². The topological polar surface area (TPSA) is 81.2 Å². The molecular weight excluding hydrogens is 411 g/mol. The number of hydrogen-bond acceptors (Lipinski definition) is 5. The molecule has 1 aliphatic rings. The SMILES string of the molecule is Cc1cc(C(C)NC(=O)c2ccnc(CC(=O)C3(C)CC3)c2)cnc1OCC(F)(F)F. The Morgan fingerprint density at radius 2 is 1.97 bits per heavy atom. The first-order chi connectivity index (χ1) is 14.5. The molecule has 1 aliphatic carbocycles. The van der Waals surface area contributed by atoms with Crippen LogP contribution < -0.4 is 10.1 Å². The molecule has 2 aromatic heterocycles. The van der Waals surface area contributed by atoms with E-state index in [1.165, 1.54) is 12.4 Å². The second-order valence-electron chi connectivity index (χ2n) is 8.19. The monoisotopic (exact) mass is 435 g/mol. The van der Waals surface area contributed by atoms with Crippen LogP contribution in [0.15, 0.2) is 30.6 Å². The summed E-state index contributed by atoms with van der Waals surface area (Å²) in [7, 11) is 0. The van der Waals surface area contributed by atoms with Gasteiger partial charge in [0.2, 0.25) is 5.88 Å². The second kappa shape index (κ2) is 8.64. The van der Waals surface area contributed by atoms with Crippen LogP contribution >= 0.6 is 0 Å². The summed E-state index contributed by atoms with van der Waals surface area (Å²) >= 11 is 0. The summed E-state index contributed by atoms with van der Waals surface area (Å²) < 4.78 is 41.7. The molecule has 1 unspecified atom stereocenters. The van der Waals surface area contributed by atoms with Crippen LogP contribution in [0.5, 0.6) is 5.88 Å². The van der Waals surface area contributed by atoms with Gasteiger partial charge in [-0.3, -0.25) is 14.6 Å². The zero-order valence-corrected chi connectivity index (χ0v) is 17.5. The molecule has 0 radical (unpaired) electrons. The number of pyridine rings is 2. The van der Waals surface area contributed by atoms with Gasteiger partial charge in [0.25, 0.3) is 5.91 Å². The number of carbonyl (C=O) groups is 2. The van der Waals surface area contributed by atoms with E-state index < -0.39 is 18.8 Å². The van der Waals surface area contributed by atoms with Crippen molar-refractivity contribution in [3.8, 4) is 5.88 Å². The van der Waals surface area contributed by atoms with E-state index in [2.05, 4.69) is 15.3 Å². The van der Waals surface area contributed by atoms with Gasteiger partial charge in [-0.25, -0.2) is 4.98 Å². The Balaban J connectivity index is 1.63. The van der Waals surface area contributed by atoms with Crippen LogP contribution in [-0.2, 0) is 11.2 Å². The van der Waals surface area contributed by atoms with Gasteiger partial charge in [0.1, 0.15) is 5.78 Å². The number of halogens is 3. The highest BCUT2D eigenvalue weighted by Gasteiger charge is 2.44. The minimum absolute atomic E-state index is 0.104. The lowest BCUT2D eigenvalue weighted by molar-refractivity contribution is -0.154. The summed E-state index contributed by atoms with van der Waals surface area (Å²) in [5, 5.41) is 2.83. The highest BCUT2D eigenvalue weighted by molar-refractivity contribution is 5.95. The summed E-state index contributed by atoms with van der Waals surface area (Å²) in [6.07, 6.45) is 0.384. The Kier molecular flexibility index (Phi) is 6.33. The minimum Gasteiger partial charge on any atom is -0.468 e. The largest absolute Gasteiger partial charge is 0.468 e. The summed E-state index contributed by atoms with van der Waals surface area (Å²) in [5.41, 5.74) is 1.72. The van der Waals surface area contributed by atoms with Gasteiger partial charge in [-0.15, -0.1) is 0 Å². The molecule has 1 atom stereocenters. The van der Waals surface area contributed by atoms with E-state index in [4.69, 9.17) is 4.74 Å². The van der Waals surface area contributed by atoms with Crippen LogP contribution in [0.2, 0.25) is 0 Å². The van der Waals surface area contributed by atoms with Gasteiger partial charge in [-0.1, -0.05) is 6.92 Å². The second-order valence-corrected chi connectivity index (χ2v) is 8.19. The number of rotatable bonds is 8. The molecule has 1 saturated carbocycles. The number of Topliss-reactive ketones (excluding diaryl/α,β-unsaturated/α-hetero) is 1. The van der Waals surface area contributed by atoms with Crippen molar-refractivity contribution in [2.75, 3.05) is 6.61 Å². The average Bonchev–Trinajstić information content (AvgIpc) is 3.45. The van der Waals surface area contributed by atoms with E-state index in [0.717, 1.165) is 12.8 Å². The van der Waals surface area contributed by atoms with E-state index in [-0.39, 0.29) is 29.4 Å². The van der Waals surface area contributed by atoms with Gasteiger partial charge in [0.15, 0.2) is 6.61 Å². The number of aromatic nitrogens is 2. The molecule has 2 heterocycles. The van der Waals surface area contributed by atoms with E-state index in [0.29, 0.717) is 22.4 Å². The quantitative estimate of drug-likeness (QED) is 0.674. The number of alkyl halides is 3. The fourth-order valence-electron chi connectivity index (χ4n) is 3.05. The number of ketones is 1. The average molecular weight is 435 g/mol. The van der Waals surface area contributed by atoms with E-state index >= 15 is 0 Å². The van der Waals surface area contributed by atoms with Gasteiger partial charge < -0.3 is 10.1 Å². The van der Waals surface area contributed by atoms with Crippen molar-refractivity contribution in [3.63, 3.8) is 0 Å². The maximum atomic E-state index is 12.6. The highest BCUT2D eigenvalue weighted by atomic mass is 19.4. The van der Waals surface area contributed by atoms with Crippen LogP contribution in [0.4, 0.5) is 13.2 Å². The molecule has 6 nitrogen and oxygen atoms in total. The molecule has 166 valence electrons. The molecule has 1 N–H and O–H groups in total. The third kappa shape index (κ3) is 6.02. The first-order valence-corrected chi connectivity index (χ1v) is 9.92. The van der Waals surface area contributed by atoms with Crippen LogP contribution in [-0.4, -0.2) is 34.4 Å². The number of amides is 1. The maximum absolute atomic E-state index is 12.6. The van der Waals surface area contributed by atoms with Crippen molar-refractivity contribution in [1.82, 2.24) is 15.3 Å². The predicted molar refractivity (Wildman–Crippen MR) is 107 cm³/mol. The summed E-state index contributed by atoms with van der Waals surface area (Å²) in [6, 6.07) is 4.34. The third-order valence-electron chi connectivity index (χ3n) is 5.37. The lowest BCUT2D eigenvalue weighted by Crippen LogP contribution is -2.27. The first-order valence-electron chi connectivity index (χ1n) is 9.92. The van der Waals surface area contributed by atoms with Crippen LogP contribution in [0.25, 0.3) is 0 Å². The maximum Gasteiger partial charge on any atom is 0.422 e. The fraction of sp³-hybridized carbons (Fsp3) is 0.455. The van der Waals surface area contributed by atoms with Crippen molar-refractivity contribution in [2.45, 2.75) is 52.3 Å². The minimum atomic E-state index is -4.45. The predicted octanol–water partition coefficient (Wildman–Crippen LogP) is 4.13. The number of carbonyl (C=O) groups excluding carboxylic acids is 2. The number of nitrogens with zero attached hydrogens (tertiary/aromatic N) is 2. The van der Waals surface area contributed by atoms with Crippen LogP contribution in [0, 0.1) is 12.3 Å². The Morgan fingerprint density at radius 3 is 2.58 bits per heavy atom. The number of hydrogen-bond donors (Lipinski definition) is 1. The van der Waals surface area contributed by atoms with Crippen molar-refractivity contribution in [3.05, 3.63) is 53.0 Å². The molecule has 0 saturated heterocycles. The smallest absolute Gasteiger partial charge is 0.422 e. The third-order valence-corrected chi connectivity index (χ3v) is 5.37. The zero-order valence-electron chi connectivity index (χ0n) is 17.5. The molecule has 0 bridgehead atoms. The molecule has 0 aliphatic heterocycles. The fourth-order valence-corrected chi connectivity index (χ4v) is 3.05. The molecule has 2 aromatic rings. The number of aryl methyl sites for hydroxylation is 1.